The Hall–Kier alpha value is -1.05. The molecule has 0 aromatic carbocycles. The predicted molar refractivity (Wildman–Crippen MR) is 70.6 cm³/mol. The number of likely N-dealkylation sites (tertiary alicyclic amines) is 1. The number of amides is 1. The van der Waals surface area contributed by atoms with Crippen LogP contribution in [0.4, 0.5) is 0 Å². The van der Waals surface area contributed by atoms with Gasteiger partial charge < -0.3 is 9.32 Å². The van der Waals surface area contributed by atoms with Crippen LogP contribution in [0, 0.1) is 0 Å². The Morgan fingerprint density at radius 2 is 2.26 bits per heavy atom. The number of hydrogen-bond acceptors (Lipinski definition) is 4. The van der Waals surface area contributed by atoms with E-state index in [1.807, 2.05) is 0 Å². The molecular weight excluding hydrogens is 292 g/mol. The molecule has 1 amide bonds. The molecule has 0 saturated carbocycles. The average Bonchev–Trinajstić information content (AvgIpc) is 2.73. The van der Waals surface area contributed by atoms with Crippen molar-refractivity contribution in [3.05, 3.63) is 23.1 Å². The van der Waals surface area contributed by atoms with E-state index in [0.717, 1.165) is 19.1 Å². The topological polar surface area (TPSA) is 79.6 Å². The Morgan fingerprint density at radius 1 is 1.53 bits per heavy atom. The highest BCUT2D eigenvalue weighted by molar-refractivity contribution is 7.88. The van der Waals surface area contributed by atoms with Crippen LogP contribution in [0.1, 0.15) is 23.4 Å². The maximum absolute atomic E-state index is 12.1. The summed E-state index contributed by atoms with van der Waals surface area (Å²) in [5.41, 5.74) is 0. The van der Waals surface area contributed by atoms with Crippen molar-refractivity contribution in [2.45, 2.75) is 18.9 Å². The fraction of sp³-hybridized carbons (Fsp3) is 0.545. The number of furan rings is 1. The molecule has 1 aliphatic heterocycles. The average molecular weight is 307 g/mol. The third-order valence-electron chi connectivity index (χ3n) is 2.87. The highest BCUT2D eigenvalue weighted by Crippen LogP contribution is 2.18. The second-order valence-corrected chi connectivity index (χ2v) is 6.74. The third-order valence-corrected chi connectivity index (χ3v) is 3.84. The lowest BCUT2D eigenvalue weighted by atomic mass is 10.1. The minimum absolute atomic E-state index is 0.158. The maximum atomic E-state index is 12.1. The van der Waals surface area contributed by atoms with Gasteiger partial charge in [0.05, 0.1) is 6.26 Å². The first-order valence-corrected chi connectivity index (χ1v) is 8.14. The molecule has 6 nitrogen and oxygen atoms in total. The number of hydrogen-bond donors (Lipinski definition) is 1. The van der Waals surface area contributed by atoms with Crippen LogP contribution in [0.15, 0.2) is 16.5 Å². The molecular formula is C11H15ClN2O4S. The van der Waals surface area contributed by atoms with Crippen molar-refractivity contribution in [3.8, 4) is 0 Å². The SMILES string of the molecule is CS(=O)(=O)N[C@H]1CCCN(C(=O)c2ccc(Cl)o2)C1. The predicted octanol–water partition coefficient (Wildman–Crippen LogP) is 1.09. The Bertz CT molecular complexity index is 569. The first-order valence-electron chi connectivity index (χ1n) is 5.87. The highest BCUT2D eigenvalue weighted by atomic mass is 35.5. The molecule has 19 heavy (non-hydrogen) atoms. The molecule has 8 heteroatoms. The van der Waals surface area contributed by atoms with Crippen LogP contribution in [0.2, 0.25) is 5.22 Å². The van der Waals surface area contributed by atoms with Crippen LogP contribution < -0.4 is 4.72 Å². The van der Waals surface area contributed by atoms with Gasteiger partial charge in [-0.05, 0) is 36.6 Å². The summed E-state index contributed by atoms with van der Waals surface area (Å²) in [5, 5.41) is 0.158. The van der Waals surface area contributed by atoms with Gasteiger partial charge >= 0.3 is 0 Å². The second-order valence-electron chi connectivity index (χ2n) is 4.58. The minimum atomic E-state index is -3.27. The highest BCUT2D eigenvalue weighted by Gasteiger charge is 2.27. The molecule has 1 saturated heterocycles. The Kier molecular flexibility index (Phi) is 4.17. The van der Waals surface area contributed by atoms with Gasteiger partial charge in [-0.3, -0.25) is 4.79 Å². The zero-order chi connectivity index (χ0) is 14.0. The summed E-state index contributed by atoms with van der Waals surface area (Å²) in [5.74, 6) is -0.100. The van der Waals surface area contributed by atoms with Crippen LogP contribution in [-0.4, -0.2) is 44.6 Å². The van der Waals surface area contributed by atoms with Crippen molar-refractivity contribution < 1.29 is 17.6 Å². The minimum Gasteiger partial charge on any atom is -0.440 e. The fourth-order valence-corrected chi connectivity index (χ4v) is 3.09. The van der Waals surface area contributed by atoms with Crippen molar-refractivity contribution in [2.24, 2.45) is 0 Å². The number of halogens is 1. The summed E-state index contributed by atoms with van der Waals surface area (Å²) in [4.78, 5) is 13.7. The normalized spacial score (nSPS) is 20.5. The first kappa shape index (κ1) is 14.4. The zero-order valence-corrected chi connectivity index (χ0v) is 12.0. The van der Waals surface area contributed by atoms with E-state index < -0.39 is 10.0 Å². The van der Waals surface area contributed by atoms with Gasteiger partial charge in [0, 0.05) is 19.1 Å². The maximum Gasteiger partial charge on any atom is 0.289 e. The largest absolute Gasteiger partial charge is 0.440 e. The molecule has 1 aromatic rings. The van der Waals surface area contributed by atoms with E-state index in [1.54, 1.807) is 4.90 Å². The molecule has 0 aliphatic carbocycles. The monoisotopic (exact) mass is 306 g/mol. The number of carbonyl (C=O) groups is 1. The van der Waals surface area contributed by atoms with Gasteiger partial charge in [0.2, 0.25) is 10.0 Å². The molecule has 0 spiro atoms. The number of sulfonamides is 1. The van der Waals surface area contributed by atoms with Gasteiger partial charge in [0.15, 0.2) is 11.0 Å². The standard InChI is InChI=1S/C11H15ClN2O4S/c1-19(16,17)13-8-3-2-6-14(7-8)11(15)9-4-5-10(12)18-9/h4-5,8,13H,2-3,6-7H2,1H3/t8-/m0/s1. The zero-order valence-electron chi connectivity index (χ0n) is 10.4. The van der Waals surface area contributed by atoms with E-state index in [2.05, 4.69) is 4.72 Å². The lowest BCUT2D eigenvalue weighted by Gasteiger charge is -2.32. The number of carbonyl (C=O) groups excluding carboxylic acids is 1. The summed E-state index contributed by atoms with van der Waals surface area (Å²) in [6.45, 7) is 0.920. The van der Waals surface area contributed by atoms with Gasteiger partial charge in [-0.2, -0.15) is 0 Å². The number of rotatable bonds is 3. The van der Waals surface area contributed by atoms with E-state index in [9.17, 15) is 13.2 Å². The smallest absolute Gasteiger partial charge is 0.289 e. The van der Waals surface area contributed by atoms with E-state index in [4.69, 9.17) is 16.0 Å². The fourth-order valence-electron chi connectivity index (χ4n) is 2.15. The molecule has 1 atom stereocenters. The van der Waals surface area contributed by atoms with Gasteiger partial charge in [0.1, 0.15) is 0 Å². The molecule has 2 heterocycles. The Labute approximate surface area is 116 Å². The lowest BCUT2D eigenvalue weighted by molar-refractivity contribution is 0.0671. The molecule has 1 aliphatic rings. The van der Waals surface area contributed by atoms with Crippen LogP contribution in [0.25, 0.3) is 0 Å². The van der Waals surface area contributed by atoms with Crippen LogP contribution >= 0.6 is 11.6 Å². The first-order chi connectivity index (χ1) is 8.85. The van der Waals surface area contributed by atoms with E-state index in [0.29, 0.717) is 13.1 Å². The van der Waals surface area contributed by atoms with Gasteiger partial charge in [-0.25, -0.2) is 13.1 Å². The molecule has 106 valence electrons. The van der Waals surface area contributed by atoms with Crippen LogP contribution in [-0.2, 0) is 10.0 Å². The van der Waals surface area contributed by atoms with Crippen molar-refractivity contribution in [1.29, 1.82) is 0 Å². The molecule has 1 aromatic heterocycles. The summed E-state index contributed by atoms with van der Waals surface area (Å²) < 4.78 is 30.0. The van der Waals surface area contributed by atoms with E-state index >= 15 is 0 Å². The summed E-state index contributed by atoms with van der Waals surface area (Å²) in [6, 6.07) is 2.77. The Balaban J connectivity index is 2.03. The second kappa shape index (κ2) is 5.52. The van der Waals surface area contributed by atoms with Crippen LogP contribution in [0.5, 0.6) is 0 Å². The summed E-state index contributed by atoms with van der Waals surface area (Å²) in [6.07, 6.45) is 2.57. The van der Waals surface area contributed by atoms with Crippen LogP contribution in [0.3, 0.4) is 0 Å². The van der Waals surface area contributed by atoms with Gasteiger partial charge in [-0.15, -0.1) is 0 Å². The van der Waals surface area contributed by atoms with Gasteiger partial charge in [0.25, 0.3) is 5.91 Å². The van der Waals surface area contributed by atoms with Crippen molar-refractivity contribution in [1.82, 2.24) is 9.62 Å². The van der Waals surface area contributed by atoms with E-state index in [1.165, 1.54) is 12.1 Å². The molecule has 0 bridgehead atoms. The third kappa shape index (κ3) is 3.95. The van der Waals surface area contributed by atoms with Crippen molar-refractivity contribution in [2.75, 3.05) is 19.3 Å². The number of nitrogens with zero attached hydrogens (tertiary/aromatic N) is 1. The molecule has 1 N–H and O–H groups in total. The van der Waals surface area contributed by atoms with Crippen molar-refractivity contribution in [3.63, 3.8) is 0 Å². The lowest BCUT2D eigenvalue weighted by Crippen LogP contribution is -2.49. The van der Waals surface area contributed by atoms with Gasteiger partial charge in [-0.1, -0.05) is 0 Å². The van der Waals surface area contributed by atoms with Crippen molar-refractivity contribution >= 4 is 27.5 Å². The molecule has 0 radical (unpaired) electrons. The Morgan fingerprint density at radius 3 is 2.84 bits per heavy atom. The molecule has 1 fully saturated rings. The number of nitrogens with one attached hydrogen (secondary N) is 1. The molecule has 2 rings (SSSR count). The quantitative estimate of drug-likeness (QED) is 0.906. The summed E-state index contributed by atoms with van der Waals surface area (Å²) in [7, 11) is -3.27. The van der Waals surface area contributed by atoms with E-state index in [-0.39, 0.29) is 22.9 Å². The summed E-state index contributed by atoms with van der Waals surface area (Å²) >= 11 is 5.63. The number of piperidine rings is 1. The molecule has 0 unspecified atom stereocenters.